The summed E-state index contributed by atoms with van der Waals surface area (Å²) in [5, 5.41) is 5.46. The fourth-order valence-corrected chi connectivity index (χ4v) is 2.44. The molecule has 5 nitrogen and oxygen atoms in total. The minimum absolute atomic E-state index is 0.107. The molecule has 0 bridgehead atoms. The Bertz CT molecular complexity index is 526. The number of rotatable bonds is 5. The zero-order valence-corrected chi connectivity index (χ0v) is 15.0. The maximum absolute atomic E-state index is 11.9. The van der Waals surface area contributed by atoms with E-state index in [1.165, 1.54) is 0 Å². The molecule has 0 aliphatic heterocycles. The molecule has 0 saturated heterocycles. The summed E-state index contributed by atoms with van der Waals surface area (Å²) in [6.45, 7) is 7.53. The molecular formula is C16H23BrN2O3. The SMILES string of the molecule is C[C@@H](NC(=O)CCNC(=O)OC(C)(C)C)c1ccccc1Br. The Labute approximate surface area is 139 Å². The van der Waals surface area contributed by atoms with Crippen LogP contribution in [-0.2, 0) is 9.53 Å². The molecule has 122 valence electrons. The van der Waals surface area contributed by atoms with Crippen LogP contribution in [0.3, 0.4) is 0 Å². The molecule has 1 atom stereocenters. The number of carbonyl (C=O) groups is 2. The predicted octanol–water partition coefficient (Wildman–Crippen LogP) is 3.54. The molecule has 0 aliphatic carbocycles. The Hall–Kier alpha value is -1.56. The van der Waals surface area contributed by atoms with Crippen LogP contribution in [0.2, 0.25) is 0 Å². The highest BCUT2D eigenvalue weighted by molar-refractivity contribution is 9.10. The first-order valence-corrected chi connectivity index (χ1v) is 7.99. The van der Waals surface area contributed by atoms with E-state index in [2.05, 4.69) is 26.6 Å². The fourth-order valence-electron chi connectivity index (χ4n) is 1.81. The molecule has 0 aromatic heterocycles. The van der Waals surface area contributed by atoms with Gasteiger partial charge in [-0.15, -0.1) is 0 Å². The highest BCUT2D eigenvalue weighted by Crippen LogP contribution is 2.22. The van der Waals surface area contributed by atoms with Crippen molar-refractivity contribution >= 4 is 27.9 Å². The maximum atomic E-state index is 11.9. The second-order valence-electron chi connectivity index (χ2n) is 5.99. The molecule has 0 fully saturated rings. The van der Waals surface area contributed by atoms with Crippen LogP contribution in [0.25, 0.3) is 0 Å². The van der Waals surface area contributed by atoms with Gasteiger partial charge in [0.05, 0.1) is 6.04 Å². The lowest BCUT2D eigenvalue weighted by molar-refractivity contribution is -0.121. The van der Waals surface area contributed by atoms with Crippen molar-refractivity contribution in [3.05, 3.63) is 34.3 Å². The fraction of sp³-hybridized carbons (Fsp3) is 0.500. The molecule has 0 radical (unpaired) electrons. The molecule has 6 heteroatoms. The number of carbonyl (C=O) groups excluding carboxylic acids is 2. The number of hydrogen-bond acceptors (Lipinski definition) is 3. The van der Waals surface area contributed by atoms with E-state index in [9.17, 15) is 9.59 Å². The third kappa shape index (κ3) is 6.93. The minimum Gasteiger partial charge on any atom is -0.444 e. The van der Waals surface area contributed by atoms with Crippen molar-refractivity contribution in [2.45, 2.75) is 45.8 Å². The van der Waals surface area contributed by atoms with Gasteiger partial charge in [0.15, 0.2) is 0 Å². The normalized spacial score (nSPS) is 12.4. The summed E-state index contributed by atoms with van der Waals surface area (Å²) in [7, 11) is 0. The number of benzene rings is 1. The van der Waals surface area contributed by atoms with E-state index in [1.807, 2.05) is 31.2 Å². The van der Waals surface area contributed by atoms with Crippen molar-refractivity contribution in [3.8, 4) is 0 Å². The van der Waals surface area contributed by atoms with Gasteiger partial charge in [-0.2, -0.15) is 0 Å². The van der Waals surface area contributed by atoms with E-state index >= 15 is 0 Å². The highest BCUT2D eigenvalue weighted by Gasteiger charge is 2.16. The van der Waals surface area contributed by atoms with Gasteiger partial charge in [0.1, 0.15) is 5.60 Å². The largest absolute Gasteiger partial charge is 0.444 e. The van der Waals surface area contributed by atoms with Crippen LogP contribution < -0.4 is 10.6 Å². The Kier molecular flexibility index (Phi) is 6.87. The van der Waals surface area contributed by atoms with Crippen molar-refractivity contribution in [3.63, 3.8) is 0 Å². The summed E-state index contributed by atoms with van der Waals surface area (Å²) in [6.07, 6.45) is -0.312. The average molecular weight is 371 g/mol. The molecule has 1 aromatic rings. The first-order valence-electron chi connectivity index (χ1n) is 7.19. The summed E-state index contributed by atoms with van der Waals surface area (Å²) in [4.78, 5) is 23.3. The number of nitrogens with one attached hydrogen (secondary N) is 2. The maximum Gasteiger partial charge on any atom is 0.407 e. The van der Waals surface area contributed by atoms with Crippen molar-refractivity contribution in [1.82, 2.24) is 10.6 Å². The molecule has 1 aromatic carbocycles. The van der Waals surface area contributed by atoms with Crippen LogP contribution >= 0.6 is 15.9 Å². The molecule has 0 aliphatic rings. The van der Waals surface area contributed by atoms with Crippen LogP contribution in [0.15, 0.2) is 28.7 Å². The lowest BCUT2D eigenvalue weighted by Gasteiger charge is -2.20. The predicted molar refractivity (Wildman–Crippen MR) is 89.6 cm³/mol. The van der Waals surface area contributed by atoms with Gasteiger partial charge in [-0.25, -0.2) is 4.79 Å². The summed E-state index contributed by atoms with van der Waals surface area (Å²) < 4.78 is 6.05. The standard InChI is InChI=1S/C16H23BrN2O3/c1-11(12-7-5-6-8-13(12)17)19-14(20)9-10-18-15(21)22-16(2,3)4/h5-8,11H,9-10H2,1-4H3,(H,18,21)(H,19,20)/t11-/m1/s1. The van der Waals surface area contributed by atoms with Gasteiger partial charge in [0.2, 0.25) is 5.91 Å². The zero-order chi connectivity index (χ0) is 16.8. The molecule has 2 N–H and O–H groups in total. The first-order chi connectivity index (χ1) is 10.2. The second kappa shape index (κ2) is 8.17. The zero-order valence-electron chi connectivity index (χ0n) is 13.4. The van der Waals surface area contributed by atoms with Gasteiger partial charge in [-0.1, -0.05) is 34.1 Å². The molecule has 0 spiro atoms. The van der Waals surface area contributed by atoms with E-state index in [0.29, 0.717) is 0 Å². The third-order valence-electron chi connectivity index (χ3n) is 2.77. The van der Waals surface area contributed by atoms with Crippen LogP contribution in [0.5, 0.6) is 0 Å². The smallest absolute Gasteiger partial charge is 0.407 e. The summed E-state index contributed by atoms with van der Waals surface area (Å²) >= 11 is 3.46. The van der Waals surface area contributed by atoms with Gasteiger partial charge in [0.25, 0.3) is 0 Å². The minimum atomic E-state index is -0.541. The molecule has 22 heavy (non-hydrogen) atoms. The molecule has 1 rings (SSSR count). The van der Waals surface area contributed by atoms with E-state index < -0.39 is 11.7 Å². The van der Waals surface area contributed by atoms with Crippen molar-refractivity contribution < 1.29 is 14.3 Å². The van der Waals surface area contributed by atoms with E-state index in [1.54, 1.807) is 20.8 Å². The van der Waals surface area contributed by atoms with Gasteiger partial charge in [0, 0.05) is 17.4 Å². The Morgan fingerprint density at radius 2 is 1.91 bits per heavy atom. The van der Waals surface area contributed by atoms with Crippen LogP contribution in [0, 0.1) is 0 Å². The summed E-state index contributed by atoms with van der Waals surface area (Å²) in [5.74, 6) is -0.126. The average Bonchev–Trinajstić information content (AvgIpc) is 2.36. The Morgan fingerprint density at radius 3 is 2.50 bits per heavy atom. The molecular weight excluding hydrogens is 348 g/mol. The lowest BCUT2D eigenvalue weighted by atomic mass is 10.1. The van der Waals surface area contributed by atoms with Crippen LogP contribution in [0.4, 0.5) is 4.79 Å². The lowest BCUT2D eigenvalue weighted by Crippen LogP contribution is -2.35. The topological polar surface area (TPSA) is 67.4 Å². The second-order valence-corrected chi connectivity index (χ2v) is 6.84. The van der Waals surface area contributed by atoms with Crippen molar-refractivity contribution in [2.24, 2.45) is 0 Å². The van der Waals surface area contributed by atoms with Gasteiger partial charge in [-0.3, -0.25) is 4.79 Å². The highest BCUT2D eigenvalue weighted by atomic mass is 79.9. The number of hydrogen-bond donors (Lipinski definition) is 2. The molecule has 2 amide bonds. The Morgan fingerprint density at radius 1 is 1.27 bits per heavy atom. The third-order valence-corrected chi connectivity index (χ3v) is 3.49. The van der Waals surface area contributed by atoms with E-state index in [-0.39, 0.29) is 24.9 Å². The van der Waals surface area contributed by atoms with Crippen LogP contribution in [0.1, 0.15) is 45.7 Å². The van der Waals surface area contributed by atoms with Crippen LogP contribution in [-0.4, -0.2) is 24.1 Å². The molecule has 0 saturated carbocycles. The first kappa shape index (κ1) is 18.5. The number of alkyl carbamates (subject to hydrolysis) is 1. The Balaban J connectivity index is 2.35. The van der Waals surface area contributed by atoms with Crippen molar-refractivity contribution in [2.75, 3.05) is 6.54 Å². The monoisotopic (exact) mass is 370 g/mol. The van der Waals surface area contributed by atoms with E-state index in [0.717, 1.165) is 10.0 Å². The van der Waals surface area contributed by atoms with Gasteiger partial charge < -0.3 is 15.4 Å². The molecule has 0 heterocycles. The number of amides is 2. The van der Waals surface area contributed by atoms with Gasteiger partial charge in [-0.05, 0) is 39.3 Å². The number of ether oxygens (including phenoxy) is 1. The van der Waals surface area contributed by atoms with Crippen molar-refractivity contribution in [1.29, 1.82) is 0 Å². The quantitative estimate of drug-likeness (QED) is 0.832. The molecule has 0 unspecified atom stereocenters. The number of halogens is 1. The van der Waals surface area contributed by atoms with Gasteiger partial charge >= 0.3 is 6.09 Å². The summed E-state index contributed by atoms with van der Waals surface area (Å²) in [5.41, 5.74) is 0.469. The van der Waals surface area contributed by atoms with E-state index in [4.69, 9.17) is 4.74 Å². The summed E-state index contributed by atoms with van der Waals surface area (Å²) in [6, 6.07) is 7.63.